The van der Waals surface area contributed by atoms with Crippen LogP contribution in [0.5, 0.6) is 5.75 Å². The molecule has 1 aromatic carbocycles. The topological polar surface area (TPSA) is 21.3 Å². The minimum absolute atomic E-state index is 0.583. The summed E-state index contributed by atoms with van der Waals surface area (Å²) in [6.07, 6.45) is 7.31. The third-order valence-corrected chi connectivity index (χ3v) is 4.17. The Morgan fingerprint density at radius 3 is 3.17 bits per heavy atom. The van der Waals surface area contributed by atoms with E-state index in [1.54, 1.807) is 0 Å². The Kier molecular flexibility index (Phi) is 3.76. The lowest BCUT2D eigenvalue weighted by Gasteiger charge is -2.17. The van der Waals surface area contributed by atoms with Crippen molar-refractivity contribution < 1.29 is 4.74 Å². The summed E-state index contributed by atoms with van der Waals surface area (Å²) in [6, 6.07) is 4.71. The van der Waals surface area contributed by atoms with E-state index in [2.05, 4.69) is 11.4 Å². The zero-order chi connectivity index (χ0) is 12.4. The standard InChI is InChI=1S/C15H20ClNO/c16-13-8-11-5-7-18-15(11)12(9-13)10-14-4-2-1-3-6-17-14/h8-9,14,17H,1-7,10H2. The van der Waals surface area contributed by atoms with Gasteiger partial charge in [-0.1, -0.05) is 24.4 Å². The summed E-state index contributed by atoms with van der Waals surface area (Å²) in [4.78, 5) is 0. The average Bonchev–Trinajstić information content (AvgIpc) is 2.66. The molecule has 98 valence electrons. The lowest BCUT2D eigenvalue weighted by Crippen LogP contribution is -2.30. The van der Waals surface area contributed by atoms with Crippen molar-refractivity contribution in [1.82, 2.24) is 5.32 Å². The largest absolute Gasteiger partial charge is 0.493 e. The summed E-state index contributed by atoms with van der Waals surface area (Å²) in [6.45, 7) is 1.95. The number of hydrogen-bond acceptors (Lipinski definition) is 2. The van der Waals surface area contributed by atoms with Crippen molar-refractivity contribution in [2.45, 2.75) is 44.6 Å². The number of halogens is 1. The van der Waals surface area contributed by atoms with E-state index in [4.69, 9.17) is 16.3 Å². The van der Waals surface area contributed by atoms with Gasteiger partial charge in [0.1, 0.15) is 5.75 Å². The van der Waals surface area contributed by atoms with Gasteiger partial charge in [-0.3, -0.25) is 0 Å². The van der Waals surface area contributed by atoms with Crippen LogP contribution < -0.4 is 10.1 Å². The molecule has 2 heterocycles. The molecule has 0 radical (unpaired) electrons. The summed E-state index contributed by atoms with van der Waals surface area (Å²) >= 11 is 6.20. The van der Waals surface area contributed by atoms with Crippen LogP contribution in [0.2, 0.25) is 5.02 Å². The molecule has 0 aromatic heterocycles. The Hall–Kier alpha value is -0.730. The number of rotatable bonds is 2. The number of fused-ring (bicyclic) bond motifs is 1. The van der Waals surface area contributed by atoms with Crippen LogP contribution >= 0.6 is 11.6 Å². The van der Waals surface area contributed by atoms with Gasteiger partial charge in [-0.25, -0.2) is 0 Å². The maximum Gasteiger partial charge on any atom is 0.125 e. The van der Waals surface area contributed by atoms with E-state index in [9.17, 15) is 0 Å². The van der Waals surface area contributed by atoms with E-state index in [1.165, 1.54) is 36.8 Å². The molecule has 1 N–H and O–H groups in total. The molecule has 18 heavy (non-hydrogen) atoms. The highest BCUT2D eigenvalue weighted by atomic mass is 35.5. The summed E-state index contributed by atoms with van der Waals surface area (Å²) in [5.74, 6) is 1.10. The second-order valence-electron chi connectivity index (χ2n) is 5.36. The van der Waals surface area contributed by atoms with E-state index in [1.807, 2.05) is 6.07 Å². The Labute approximate surface area is 114 Å². The molecule has 2 aliphatic rings. The normalized spacial score (nSPS) is 23.3. The molecular weight excluding hydrogens is 246 g/mol. The van der Waals surface area contributed by atoms with Crippen molar-refractivity contribution in [3.63, 3.8) is 0 Å². The van der Waals surface area contributed by atoms with Gasteiger partial charge in [0.15, 0.2) is 0 Å². The predicted molar refractivity (Wildman–Crippen MR) is 74.6 cm³/mol. The van der Waals surface area contributed by atoms with Crippen molar-refractivity contribution in [3.05, 3.63) is 28.3 Å². The van der Waals surface area contributed by atoms with Gasteiger partial charge >= 0.3 is 0 Å². The summed E-state index contributed by atoms with van der Waals surface area (Å²) < 4.78 is 5.77. The second-order valence-corrected chi connectivity index (χ2v) is 5.79. The van der Waals surface area contributed by atoms with Crippen LogP contribution in [0.25, 0.3) is 0 Å². The molecule has 1 saturated heterocycles. The first kappa shape index (κ1) is 12.3. The van der Waals surface area contributed by atoms with Crippen molar-refractivity contribution >= 4 is 11.6 Å². The van der Waals surface area contributed by atoms with Crippen molar-refractivity contribution in [1.29, 1.82) is 0 Å². The maximum atomic E-state index is 6.20. The molecule has 3 rings (SSSR count). The van der Waals surface area contributed by atoms with Crippen molar-refractivity contribution in [2.75, 3.05) is 13.2 Å². The van der Waals surface area contributed by atoms with E-state index in [0.29, 0.717) is 6.04 Å². The number of ether oxygens (including phenoxy) is 1. The van der Waals surface area contributed by atoms with Gasteiger partial charge in [0, 0.05) is 17.5 Å². The zero-order valence-corrected chi connectivity index (χ0v) is 11.4. The van der Waals surface area contributed by atoms with Crippen LogP contribution in [0, 0.1) is 0 Å². The van der Waals surface area contributed by atoms with Crippen LogP contribution in [0.1, 0.15) is 36.8 Å². The molecule has 0 amide bonds. The Morgan fingerprint density at radius 1 is 1.28 bits per heavy atom. The second kappa shape index (κ2) is 5.50. The molecule has 1 atom stereocenters. The lowest BCUT2D eigenvalue weighted by molar-refractivity contribution is 0.351. The van der Waals surface area contributed by atoms with Gasteiger partial charge in [0.25, 0.3) is 0 Å². The molecular formula is C15H20ClNO. The molecule has 0 saturated carbocycles. The first-order valence-electron chi connectivity index (χ1n) is 7.00. The number of nitrogens with one attached hydrogen (secondary N) is 1. The third-order valence-electron chi connectivity index (χ3n) is 3.95. The van der Waals surface area contributed by atoms with Gasteiger partial charge in [0.05, 0.1) is 6.61 Å². The van der Waals surface area contributed by atoms with Gasteiger partial charge in [-0.15, -0.1) is 0 Å². The first-order chi connectivity index (χ1) is 8.83. The van der Waals surface area contributed by atoms with Gasteiger partial charge in [-0.05, 0) is 49.1 Å². The van der Waals surface area contributed by atoms with Crippen LogP contribution in [-0.2, 0) is 12.8 Å². The molecule has 2 aliphatic heterocycles. The summed E-state index contributed by atoms with van der Waals surface area (Å²) in [5, 5.41) is 4.49. The van der Waals surface area contributed by atoms with Crippen LogP contribution in [0.3, 0.4) is 0 Å². The summed E-state index contributed by atoms with van der Waals surface area (Å²) in [5.41, 5.74) is 2.57. The average molecular weight is 266 g/mol. The Balaban J connectivity index is 1.79. The summed E-state index contributed by atoms with van der Waals surface area (Å²) in [7, 11) is 0. The van der Waals surface area contributed by atoms with E-state index < -0.39 is 0 Å². The predicted octanol–water partition coefficient (Wildman–Crippen LogP) is 3.35. The highest BCUT2D eigenvalue weighted by Crippen LogP contribution is 2.34. The molecule has 0 bridgehead atoms. The van der Waals surface area contributed by atoms with Crippen molar-refractivity contribution in [2.24, 2.45) is 0 Å². The molecule has 1 aromatic rings. The lowest BCUT2D eigenvalue weighted by atomic mass is 9.99. The number of benzene rings is 1. The monoisotopic (exact) mass is 265 g/mol. The molecule has 0 spiro atoms. The third kappa shape index (κ3) is 2.65. The molecule has 0 aliphatic carbocycles. The van der Waals surface area contributed by atoms with Gasteiger partial charge in [-0.2, -0.15) is 0 Å². The fraction of sp³-hybridized carbons (Fsp3) is 0.600. The first-order valence-corrected chi connectivity index (χ1v) is 7.38. The quantitative estimate of drug-likeness (QED) is 0.886. The fourth-order valence-corrected chi connectivity index (χ4v) is 3.30. The minimum atomic E-state index is 0.583. The Morgan fingerprint density at radius 2 is 2.22 bits per heavy atom. The minimum Gasteiger partial charge on any atom is -0.493 e. The highest BCUT2D eigenvalue weighted by molar-refractivity contribution is 6.30. The molecule has 3 heteroatoms. The highest BCUT2D eigenvalue weighted by Gasteiger charge is 2.20. The molecule has 2 nitrogen and oxygen atoms in total. The Bertz CT molecular complexity index is 425. The van der Waals surface area contributed by atoms with E-state index in [0.717, 1.165) is 36.8 Å². The van der Waals surface area contributed by atoms with Crippen LogP contribution in [-0.4, -0.2) is 19.2 Å². The van der Waals surface area contributed by atoms with E-state index >= 15 is 0 Å². The molecule has 1 unspecified atom stereocenters. The van der Waals surface area contributed by atoms with Crippen LogP contribution in [0.4, 0.5) is 0 Å². The SMILES string of the molecule is Clc1cc2c(c(CC3CCCCCN3)c1)OCC2. The maximum absolute atomic E-state index is 6.20. The molecule has 1 fully saturated rings. The smallest absolute Gasteiger partial charge is 0.125 e. The van der Waals surface area contributed by atoms with E-state index in [-0.39, 0.29) is 0 Å². The van der Waals surface area contributed by atoms with Gasteiger partial charge < -0.3 is 10.1 Å². The fourth-order valence-electron chi connectivity index (χ4n) is 3.04. The number of hydrogen-bond donors (Lipinski definition) is 1. The van der Waals surface area contributed by atoms with Crippen molar-refractivity contribution in [3.8, 4) is 5.75 Å². The zero-order valence-electron chi connectivity index (χ0n) is 10.7. The van der Waals surface area contributed by atoms with Crippen LogP contribution in [0.15, 0.2) is 12.1 Å². The van der Waals surface area contributed by atoms with Gasteiger partial charge in [0.2, 0.25) is 0 Å².